The third-order valence-electron chi connectivity index (χ3n) is 8.94. The van der Waals surface area contributed by atoms with Crippen LogP contribution in [-0.2, 0) is 9.53 Å². The van der Waals surface area contributed by atoms with Crippen molar-refractivity contribution in [3.05, 3.63) is 12.2 Å². The van der Waals surface area contributed by atoms with Crippen LogP contribution in [0.15, 0.2) is 12.2 Å². The average molecular weight is 380 g/mol. The Morgan fingerprint density at radius 1 is 1.19 bits per heavy atom. The molecule has 150 valence electrons. The lowest BCUT2D eigenvalue weighted by Gasteiger charge is -2.74. The molecule has 6 aliphatic rings. The van der Waals surface area contributed by atoms with Crippen LogP contribution < -0.4 is 0 Å². The van der Waals surface area contributed by atoms with Crippen molar-refractivity contribution in [1.82, 2.24) is 0 Å². The lowest BCUT2D eigenvalue weighted by Crippen LogP contribution is -2.85. The van der Waals surface area contributed by atoms with E-state index in [1.54, 1.807) is 0 Å². The zero-order valence-corrected chi connectivity index (χ0v) is 15.5. The van der Waals surface area contributed by atoms with Crippen LogP contribution in [0.3, 0.4) is 0 Å². The number of fused-ring (bicyclic) bond motifs is 2. The second-order valence-corrected chi connectivity index (χ2v) is 9.86. The Bertz CT molecular complexity index is 738. The van der Waals surface area contributed by atoms with Gasteiger partial charge in [0.2, 0.25) is 5.79 Å². The van der Waals surface area contributed by atoms with E-state index < -0.39 is 63.9 Å². The number of rotatable bonds is 1. The van der Waals surface area contributed by atoms with E-state index in [0.717, 1.165) is 6.42 Å². The Labute approximate surface area is 157 Å². The molecule has 0 aromatic carbocycles. The summed E-state index contributed by atoms with van der Waals surface area (Å²) in [6.45, 7) is 5.62. The quantitative estimate of drug-likeness (QED) is 0.383. The van der Waals surface area contributed by atoms with Crippen LogP contribution >= 0.6 is 0 Å². The van der Waals surface area contributed by atoms with Gasteiger partial charge in [-0.15, -0.1) is 0 Å². The first kappa shape index (κ1) is 18.2. The molecule has 4 aliphatic carbocycles. The minimum absolute atomic E-state index is 0.0848. The standard InChI is InChI=1S/C20H28O7/c1-9-10-6-11(22)12-18-5-3-4-17(2,7-21)13(18)16(25)20(26,27-8-18)19(12,14(9)23)15(10)24/h10-13,15-16,21-22,24-26H,1,3-8H2,2H3. The summed E-state index contributed by atoms with van der Waals surface area (Å²) in [5.74, 6) is -4.75. The Hall–Kier alpha value is -0.830. The van der Waals surface area contributed by atoms with Crippen molar-refractivity contribution in [2.75, 3.05) is 13.2 Å². The monoisotopic (exact) mass is 380 g/mol. The van der Waals surface area contributed by atoms with Gasteiger partial charge < -0.3 is 30.3 Å². The third-order valence-corrected chi connectivity index (χ3v) is 8.94. The van der Waals surface area contributed by atoms with E-state index in [9.17, 15) is 30.3 Å². The molecule has 0 amide bonds. The summed E-state index contributed by atoms with van der Waals surface area (Å²) in [6.07, 6.45) is -1.41. The molecule has 2 saturated heterocycles. The zero-order valence-electron chi connectivity index (χ0n) is 15.5. The van der Waals surface area contributed by atoms with E-state index in [1.807, 2.05) is 6.92 Å². The van der Waals surface area contributed by atoms with Crippen LogP contribution in [0, 0.1) is 34.0 Å². The van der Waals surface area contributed by atoms with Crippen molar-refractivity contribution >= 4 is 5.78 Å². The van der Waals surface area contributed by atoms with E-state index in [0.29, 0.717) is 12.8 Å². The van der Waals surface area contributed by atoms with Gasteiger partial charge in [-0.3, -0.25) is 4.79 Å². The maximum absolute atomic E-state index is 13.4. The predicted molar refractivity (Wildman–Crippen MR) is 92.1 cm³/mol. The summed E-state index contributed by atoms with van der Waals surface area (Å²) in [4.78, 5) is 13.4. The third kappa shape index (κ3) is 1.59. The molecule has 6 fully saturated rings. The van der Waals surface area contributed by atoms with Gasteiger partial charge in [0.1, 0.15) is 11.5 Å². The summed E-state index contributed by atoms with van der Waals surface area (Å²) >= 11 is 0. The van der Waals surface area contributed by atoms with Crippen LogP contribution in [0.25, 0.3) is 0 Å². The number of aliphatic hydroxyl groups excluding tert-OH is 4. The van der Waals surface area contributed by atoms with E-state index in [1.165, 1.54) is 0 Å². The summed E-state index contributed by atoms with van der Waals surface area (Å²) in [5, 5.41) is 55.3. The number of aliphatic hydroxyl groups is 5. The Morgan fingerprint density at radius 3 is 2.56 bits per heavy atom. The summed E-state index contributed by atoms with van der Waals surface area (Å²) in [5.41, 5.74) is -3.09. The van der Waals surface area contributed by atoms with Gasteiger partial charge in [0.25, 0.3) is 0 Å². The normalized spacial score (nSPS) is 61.7. The molecule has 0 radical (unpaired) electrons. The molecule has 0 aromatic rings. The van der Waals surface area contributed by atoms with Gasteiger partial charge in [-0.05, 0) is 30.3 Å². The first-order valence-electron chi connectivity index (χ1n) is 9.87. The molecule has 7 heteroatoms. The maximum Gasteiger partial charge on any atom is 0.208 e. The van der Waals surface area contributed by atoms with Gasteiger partial charge in [-0.25, -0.2) is 0 Å². The first-order chi connectivity index (χ1) is 12.6. The van der Waals surface area contributed by atoms with E-state index in [2.05, 4.69) is 6.58 Å². The predicted octanol–water partition coefficient (Wildman–Crippen LogP) is -0.652. The fourth-order valence-corrected chi connectivity index (χ4v) is 8.03. The largest absolute Gasteiger partial charge is 0.396 e. The van der Waals surface area contributed by atoms with Gasteiger partial charge in [-0.1, -0.05) is 19.9 Å². The maximum atomic E-state index is 13.4. The molecule has 2 heterocycles. The highest BCUT2D eigenvalue weighted by Gasteiger charge is 2.87. The molecule has 2 spiro atoms. The molecular weight excluding hydrogens is 352 g/mol. The molecule has 7 nitrogen and oxygen atoms in total. The van der Waals surface area contributed by atoms with Crippen molar-refractivity contribution in [2.24, 2.45) is 34.0 Å². The topological polar surface area (TPSA) is 127 Å². The van der Waals surface area contributed by atoms with Gasteiger partial charge in [0, 0.05) is 29.8 Å². The molecule has 6 rings (SSSR count). The number of carbonyl (C=O) groups is 1. The van der Waals surface area contributed by atoms with Gasteiger partial charge >= 0.3 is 0 Å². The van der Waals surface area contributed by atoms with Crippen LogP contribution in [-0.4, -0.2) is 68.6 Å². The number of ketones is 1. The molecule has 0 aromatic heterocycles. The molecular formula is C20H28O7. The van der Waals surface area contributed by atoms with Crippen molar-refractivity contribution < 1.29 is 35.1 Å². The molecule has 27 heavy (non-hydrogen) atoms. The first-order valence-corrected chi connectivity index (χ1v) is 9.87. The van der Waals surface area contributed by atoms with Crippen LogP contribution in [0.5, 0.6) is 0 Å². The molecule has 10 unspecified atom stereocenters. The molecule has 10 atom stereocenters. The Balaban J connectivity index is 1.81. The van der Waals surface area contributed by atoms with Gasteiger partial charge in [0.15, 0.2) is 5.78 Å². The molecule has 4 bridgehead atoms. The number of carbonyl (C=O) groups excluding carboxylic acids is 1. The second kappa shape index (κ2) is 5.01. The lowest BCUT2D eigenvalue weighted by molar-refractivity contribution is -0.457. The van der Waals surface area contributed by atoms with Crippen LogP contribution in [0.2, 0.25) is 0 Å². The van der Waals surface area contributed by atoms with E-state index >= 15 is 0 Å². The zero-order chi connectivity index (χ0) is 19.6. The molecule has 2 aliphatic heterocycles. The Morgan fingerprint density at radius 2 is 1.89 bits per heavy atom. The summed E-state index contributed by atoms with van der Waals surface area (Å²) in [6, 6.07) is 0. The van der Waals surface area contributed by atoms with Crippen LogP contribution in [0.4, 0.5) is 0 Å². The number of hydrogen-bond acceptors (Lipinski definition) is 7. The summed E-state index contributed by atoms with van der Waals surface area (Å²) < 4.78 is 5.79. The van der Waals surface area contributed by atoms with Crippen LogP contribution in [0.1, 0.15) is 32.6 Å². The van der Waals surface area contributed by atoms with Crippen molar-refractivity contribution in [3.8, 4) is 0 Å². The lowest BCUT2D eigenvalue weighted by atomic mass is 9.35. The number of Topliss-reactive ketones (excluding diaryl/α,β-unsaturated/α-hetero) is 1. The van der Waals surface area contributed by atoms with Crippen molar-refractivity contribution in [1.29, 1.82) is 0 Å². The van der Waals surface area contributed by atoms with E-state index in [4.69, 9.17) is 4.74 Å². The molecule has 4 saturated carbocycles. The minimum Gasteiger partial charge on any atom is -0.396 e. The second-order valence-electron chi connectivity index (χ2n) is 9.86. The summed E-state index contributed by atoms with van der Waals surface area (Å²) in [7, 11) is 0. The van der Waals surface area contributed by atoms with Crippen molar-refractivity contribution in [2.45, 2.75) is 56.7 Å². The number of hydrogen-bond donors (Lipinski definition) is 5. The van der Waals surface area contributed by atoms with Gasteiger partial charge in [-0.2, -0.15) is 0 Å². The Kier molecular flexibility index (Phi) is 3.38. The molecule has 5 N–H and O–H groups in total. The van der Waals surface area contributed by atoms with Crippen molar-refractivity contribution in [3.63, 3.8) is 0 Å². The number of ether oxygens (including phenoxy) is 1. The smallest absolute Gasteiger partial charge is 0.208 e. The highest BCUT2D eigenvalue weighted by Crippen LogP contribution is 2.76. The highest BCUT2D eigenvalue weighted by molar-refractivity contribution is 6.05. The fourth-order valence-electron chi connectivity index (χ4n) is 8.03. The van der Waals surface area contributed by atoms with E-state index in [-0.39, 0.29) is 25.2 Å². The van der Waals surface area contributed by atoms with Gasteiger partial charge in [0.05, 0.1) is 18.8 Å². The SMILES string of the molecule is C=C1C(=O)C23C(O)C1CC(O)C2C12CCCC(C)(CO)C1C(O)C3(O)OC2. The fraction of sp³-hybridized carbons (Fsp3) is 0.850. The highest BCUT2D eigenvalue weighted by atomic mass is 16.6. The average Bonchev–Trinajstić information content (AvgIpc) is 2.74. The minimum atomic E-state index is -2.31.